The summed E-state index contributed by atoms with van der Waals surface area (Å²) in [6.45, 7) is 1.97. The largest absolute Gasteiger partial charge is 0.322 e. The Morgan fingerprint density at radius 1 is 0.781 bits per heavy atom. The minimum absolute atomic E-state index is 0.270. The lowest BCUT2D eigenvalue weighted by molar-refractivity contribution is 0.102. The highest BCUT2D eigenvalue weighted by atomic mass is 35.5. The number of hydrogen-bond acceptors (Lipinski definition) is 3. The summed E-state index contributed by atoms with van der Waals surface area (Å²) in [4.78, 5) is 28.2. The smallest absolute Gasteiger partial charge is 0.257 e. The highest BCUT2D eigenvalue weighted by molar-refractivity contribution is 6.31. The number of halogens is 2. The maximum absolute atomic E-state index is 13.0. The van der Waals surface area contributed by atoms with Gasteiger partial charge in [-0.05, 0) is 85.6 Å². The fourth-order valence-electron chi connectivity index (χ4n) is 3.72. The number of carbonyl (C=O) groups excluding carboxylic acids is 2. The van der Waals surface area contributed by atoms with Gasteiger partial charge in [-0.15, -0.1) is 0 Å². The number of benzene rings is 3. The Balaban J connectivity index is 1.55. The maximum Gasteiger partial charge on any atom is 0.257 e. The van der Waals surface area contributed by atoms with Crippen LogP contribution in [0.1, 0.15) is 31.8 Å². The Hall–Kier alpha value is -2.86. The summed E-state index contributed by atoms with van der Waals surface area (Å²) in [5.41, 5.74) is 4.29. The second kappa shape index (κ2) is 9.74. The van der Waals surface area contributed by atoms with Gasteiger partial charge in [0, 0.05) is 34.4 Å². The highest BCUT2D eigenvalue weighted by Crippen LogP contribution is 2.24. The van der Waals surface area contributed by atoms with Gasteiger partial charge in [-0.3, -0.25) is 9.59 Å². The van der Waals surface area contributed by atoms with Crippen LogP contribution in [0.15, 0.2) is 60.7 Å². The molecule has 7 heteroatoms. The van der Waals surface area contributed by atoms with Gasteiger partial charge in [-0.25, -0.2) is 0 Å². The third-order valence-corrected chi connectivity index (χ3v) is 6.06. The van der Waals surface area contributed by atoms with E-state index in [2.05, 4.69) is 22.6 Å². The van der Waals surface area contributed by atoms with E-state index in [0.717, 1.165) is 25.9 Å². The summed E-state index contributed by atoms with van der Waals surface area (Å²) in [6.07, 6.45) is 1.88. The molecule has 1 aliphatic heterocycles. The van der Waals surface area contributed by atoms with Gasteiger partial charge >= 0.3 is 0 Å². The molecule has 0 saturated heterocycles. The molecule has 0 atom stereocenters. The first-order valence-corrected chi connectivity index (χ1v) is 11.1. The standard InChI is InChI=1S/C25H23Cl2N3O2/c1-30-12-10-16-2-3-18(14-17(16)11-13-30)24(31)29-23-9-6-20(27)15-22(23)25(32)28-21-7-4-19(26)5-8-21/h2-9,14-15H,10-13H2,1H3,(H,28,32)(H,29,31). The van der Waals surface area contributed by atoms with Crippen LogP contribution in [0, 0.1) is 0 Å². The third kappa shape index (κ3) is 5.30. The van der Waals surface area contributed by atoms with Gasteiger partial charge in [-0.2, -0.15) is 0 Å². The number of anilines is 2. The zero-order chi connectivity index (χ0) is 22.7. The first kappa shape index (κ1) is 22.3. The number of hydrogen-bond donors (Lipinski definition) is 2. The van der Waals surface area contributed by atoms with Crippen molar-refractivity contribution >= 4 is 46.4 Å². The molecule has 0 fully saturated rings. The van der Waals surface area contributed by atoms with E-state index >= 15 is 0 Å². The van der Waals surface area contributed by atoms with E-state index in [0.29, 0.717) is 27.0 Å². The van der Waals surface area contributed by atoms with Gasteiger partial charge < -0.3 is 15.5 Å². The molecule has 0 aromatic heterocycles. The number of rotatable bonds is 4. The number of nitrogens with one attached hydrogen (secondary N) is 2. The van der Waals surface area contributed by atoms with Crippen LogP contribution in [0.4, 0.5) is 11.4 Å². The summed E-state index contributed by atoms with van der Waals surface area (Å²) < 4.78 is 0. The number of nitrogens with zero attached hydrogens (tertiary/aromatic N) is 1. The van der Waals surface area contributed by atoms with Crippen LogP contribution in [0.3, 0.4) is 0 Å². The van der Waals surface area contributed by atoms with Crippen molar-refractivity contribution in [3.63, 3.8) is 0 Å². The molecule has 0 bridgehead atoms. The van der Waals surface area contributed by atoms with Crippen molar-refractivity contribution in [1.82, 2.24) is 4.90 Å². The fourth-order valence-corrected chi connectivity index (χ4v) is 4.02. The minimum Gasteiger partial charge on any atom is -0.322 e. The Kier molecular flexibility index (Phi) is 6.80. The molecular formula is C25H23Cl2N3O2. The Bertz CT molecular complexity index is 1160. The van der Waals surface area contributed by atoms with E-state index in [9.17, 15) is 9.59 Å². The Morgan fingerprint density at radius 2 is 1.47 bits per heavy atom. The molecule has 0 spiro atoms. The highest BCUT2D eigenvalue weighted by Gasteiger charge is 2.18. The first-order chi connectivity index (χ1) is 15.4. The third-order valence-electron chi connectivity index (χ3n) is 5.57. The molecule has 4 rings (SSSR count). The van der Waals surface area contributed by atoms with Gasteiger partial charge in [0.2, 0.25) is 0 Å². The number of likely N-dealkylation sites (N-methyl/N-ethyl adjacent to an activating group) is 1. The topological polar surface area (TPSA) is 61.4 Å². The van der Waals surface area contributed by atoms with Crippen molar-refractivity contribution in [3.8, 4) is 0 Å². The maximum atomic E-state index is 13.0. The van der Waals surface area contributed by atoms with Gasteiger partial charge in [0.05, 0.1) is 11.3 Å². The molecule has 3 aromatic carbocycles. The molecule has 3 aromatic rings. The zero-order valence-electron chi connectivity index (χ0n) is 17.6. The number of carbonyl (C=O) groups is 2. The molecule has 0 unspecified atom stereocenters. The molecule has 0 radical (unpaired) electrons. The van der Waals surface area contributed by atoms with Crippen LogP contribution in [-0.4, -0.2) is 36.9 Å². The second-order valence-corrected chi connectivity index (χ2v) is 8.76. The Labute approximate surface area is 197 Å². The predicted octanol–water partition coefficient (Wildman–Crippen LogP) is 5.53. The number of amides is 2. The summed E-state index contributed by atoms with van der Waals surface area (Å²) in [5, 5.41) is 6.65. The molecule has 0 saturated carbocycles. The lowest BCUT2D eigenvalue weighted by Gasteiger charge is -2.13. The Morgan fingerprint density at radius 3 is 2.22 bits per heavy atom. The molecule has 32 heavy (non-hydrogen) atoms. The zero-order valence-corrected chi connectivity index (χ0v) is 19.1. The molecule has 1 aliphatic rings. The lowest BCUT2D eigenvalue weighted by atomic mass is 9.99. The molecule has 2 amide bonds. The van der Waals surface area contributed by atoms with Crippen LogP contribution < -0.4 is 10.6 Å². The van der Waals surface area contributed by atoms with Crippen molar-refractivity contribution in [2.75, 3.05) is 30.8 Å². The molecule has 2 N–H and O–H groups in total. The first-order valence-electron chi connectivity index (χ1n) is 10.4. The van der Waals surface area contributed by atoms with Crippen molar-refractivity contribution < 1.29 is 9.59 Å². The van der Waals surface area contributed by atoms with Gasteiger partial charge in [0.15, 0.2) is 0 Å². The van der Waals surface area contributed by atoms with Crippen molar-refractivity contribution in [3.05, 3.63) is 93.0 Å². The van der Waals surface area contributed by atoms with Gasteiger partial charge in [0.25, 0.3) is 11.8 Å². The second-order valence-electron chi connectivity index (χ2n) is 7.89. The fraction of sp³-hybridized carbons (Fsp3) is 0.200. The summed E-state index contributed by atoms with van der Waals surface area (Å²) in [6, 6.07) is 17.4. The summed E-state index contributed by atoms with van der Waals surface area (Å²) >= 11 is 12.0. The molecule has 1 heterocycles. The average Bonchev–Trinajstić information content (AvgIpc) is 2.97. The van der Waals surface area contributed by atoms with Crippen LogP contribution in [0.5, 0.6) is 0 Å². The lowest BCUT2D eigenvalue weighted by Crippen LogP contribution is -2.20. The quantitative estimate of drug-likeness (QED) is 0.530. The SMILES string of the molecule is CN1CCc2ccc(C(=O)Nc3ccc(Cl)cc3C(=O)Nc3ccc(Cl)cc3)cc2CC1. The van der Waals surface area contributed by atoms with E-state index < -0.39 is 0 Å². The minimum atomic E-state index is -0.380. The van der Waals surface area contributed by atoms with E-state index in [-0.39, 0.29) is 17.4 Å². The van der Waals surface area contributed by atoms with Gasteiger partial charge in [-0.1, -0.05) is 29.3 Å². The monoisotopic (exact) mass is 467 g/mol. The molecule has 0 aliphatic carbocycles. The average molecular weight is 468 g/mol. The normalized spacial score (nSPS) is 13.7. The summed E-state index contributed by atoms with van der Waals surface area (Å²) in [7, 11) is 2.11. The van der Waals surface area contributed by atoms with Crippen LogP contribution in [0.25, 0.3) is 0 Å². The van der Waals surface area contributed by atoms with E-state index in [1.807, 2.05) is 18.2 Å². The van der Waals surface area contributed by atoms with Crippen LogP contribution in [0.2, 0.25) is 10.0 Å². The van der Waals surface area contributed by atoms with Crippen LogP contribution >= 0.6 is 23.2 Å². The summed E-state index contributed by atoms with van der Waals surface area (Å²) in [5.74, 6) is -0.650. The molecular weight excluding hydrogens is 445 g/mol. The molecule has 5 nitrogen and oxygen atoms in total. The number of fused-ring (bicyclic) bond motifs is 1. The van der Waals surface area contributed by atoms with Crippen molar-refractivity contribution in [1.29, 1.82) is 0 Å². The van der Waals surface area contributed by atoms with E-state index in [1.54, 1.807) is 36.4 Å². The predicted molar refractivity (Wildman–Crippen MR) is 130 cm³/mol. The van der Waals surface area contributed by atoms with E-state index in [1.165, 1.54) is 17.2 Å². The van der Waals surface area contributed by atoms with E-state index in [4.69, 9.17) is 23.2 Å². The van der Waals surface area contributed by atoms with Crippen molar-refractivity contribution in [2.24, 2.45) is 0 Å². The van der Waals surface area contributed by atoms with Crippen LogP contribution in [-0.2, 0) is 12.8 Å². The van der Waals surface area contributed by atoms with Crippen molar-refractivity contribution in [2.45, 2.75) is 12.8 Å². The van der Waals surface area contributed by atoms with Gasteiger partial charge in [0.1, 0.15) is 0 Å². The molecule has 164 valence electrons.